The van der Waals surface area contributed by atoms with E-state index in [2.05, 4.69) is 0 Å². The van der Waals surface area contributed by atoms with Crippen LogP contribution in [-0.4, -0.2) is 13.2 Å². The van der Waals surface area contributed by atoms with E-state index in [4.69, 9.17) is 26.8 Å². The molecule has 0 heterocycles. The van der Waals surface area contributed by atoms with Gasteiger partial charge in [-0.1, -0.05) is 11.6 Å². The third-order valence-corrected chi connectivity index (χ3v) is 3.02. The molecular weight excluding hydrogens is 274 g/mol. The summed E-state index contributed by atoms with van der Waals surface area (Å²) in [5.74, 6) is 1.69. The standard InChI is InChI=1S/C16H18ClNO2/c17-13-3-7-15(8-4-13)19-11-1-2-12-20-16-9-5-14(18)6-10-16/h3-10H,1-2,11-12,18H2. The van der Waals surface area contributed by atoms with Gasteiger partial charge in [0.05, 0.1) is 13.2 Å². The molecule has 0 aliphatic heterocycles. The van der Waals surface area contributed by atoms with Gasteiger partial charge in [0.2, 0.25) is 0 Å². The smallest absolute Gasteiger partial charge is 0.119 e. The number of hydrogen-bond donors (Lipinski definition) is 1. The lowest BCUT2D eigenvalue weighted by molar-refractivity contribution is 0.266. The molecule has 0 unspecified atom stereocenters. The molecular formula is C16H18ClNO2. The van der Waals surface area contributed by atoms with Gasteiger partial charge in [-0.05, 0) is 61.4 Å². The number of rotatable bonds is 7. The fraction of sp³-hybridized carbons (Fsp3) is 0.250. The molecule has 0 bridgehead atoms. The Morgan fingerprint density at radius 1 is 0.750 bits per heavy atom. The van der Waals surface area contributed by atoms with E-state index in [-0.39, 0.29) is 0 Å². The normalized spacial score (nSPS) is 10.2. The Morgan fingerprint density at radius 3 is 1.70 bits per heavy atom. The maximum Gasteiger partial charge on any atom is 0.119 e. The Balaban J connectivity index is 1.57. The Labute approximate surface area is 124 Å². The quantitative estimate of drug-likeness (QED) is 0.615. The predicted molar refractivity (Wildman–Crippen MR) is 82.5 cm³/mol. The first-order valence-corrected chi connectivity index (χ1v) is 6.98. The molecule has 2 N–H and O–H groups in total. The summed E-state index contributed by atoms with van der Waals surface area (Å²) in [6.45, 7) is 1.35. The van der Waals surface area contributed by atoms with E-state index in [0.717, 1.165) is 30.0 Å². The van der Waals surface area contributed by atoms with E-state index < -0.39 is 0 Å². The van der Waals surface area contributed by atoms with Crippen LogP contribution in [0.3, 0.4) is 0 Å². The van der Waals surface area contributed by atoms with Gasteiger partial charge < -0.3 is 15.2 Å². The largest absolute Gasteiger partial charge is 0.494 e. The van der Waals surface area contributed by atoms with E-state index in [9.17, 15) is 0 Å². The number of halogens is 1. The SMILES string of the molecule is Nc1ccc(OCCCCOc2ccc(Cl)cc2)cc1. The molecule has 0 radical (unpaired) electrons. The first-order chi connectivity index (χ1) is 9.74. The topological polar surface area (TPSA) is 44.5 Å². The summed E-state index contributed by atoms with van der Waals surface area (Å²) in [5, 5.41) is 0.717. The molecule has 0 saturated carbocycles. The second-order valence-corrected chi connectivity index (χ2v) is 4.86. The summed E-state index contributed by atoms with van der Waals surface area (Å²) in [6, 6.07) is 14.8. The number of nitrogen functional groups attached to an aromatic ring is 1. The number of nitrogens with two attached hydrogens (primary N) is 1. The predicted octanol–water partition coefficient (Wildman–Crippen LogP) is 4.16. The Bertz CT molecular complexity index is 462. The molecule has 0 saturated heterocycles. The highest BCUT2D eigenvalue weighted by Gasteiger charge is 1.96. The van der Waals surface area contributed by atoms with Crippen molar-refractivity contribution in [2.75, 3.05) is 18.9 Å². The minimum Gasteiger partial charge on any atom is -0.494 e. The number of hydrogen-bond acceptors (Lipinski definition) is 3. The molecule has 3 nitrogen and oxygen atoms in total. The summed E-state index contributed by atoms with van der Waals surface area (Å²) in [6.07, 6.45) is 1.88. The van der Waals surface area contributed by atoms with Crippen LogP contribution in [0.4, 0.5) is 5.69 Å². The van der Waals surface area contributed by atoms with Gasteiger partial charge in [0, 0.05) is 10.7 Å². The first-order valence-electron chi connectivity index (χ1n) is 6.61. The van der Waals surface area contributed by atoms with Gasteiger partial charge in [0.25, 0.3) is 0 Å². The molecule has 106 valence electrons. The van der Waals surface area contributed by atoms with Crippen molar-refractivity contribution >= 4 is 17.3 Å². The summed E-state index contributed by atoms with van der Waals surface area (Å²) in [4.78, 5) is 0. The minimum atomic E-state index is 0.673. The molecule has 2 rings (SSSR count). The zero-order valence-corrected chi connectivity index (χ0v) is 12.0. The lowest BCUT2D eigenvalue weighted by atomic mass is 10.3. The fourth-order valence-corrected chi connectivity index (χ4v) is 1.81. The average Bonchev–Trinajstić information content (AvgIpc) is 2.46. The van der Waals surface area contributed by atoms with Crippen molar-refractivity contribution < 1.29 is 9.47 Å². The van der Waals surface area contributed by atoms with Crippen molar-refractivity contribution in [3.63, 3.8) is 0 Å². The molecule has 0 fully saturated rings. The zero-order chi connectivity index (χ0) is 14.2. The molecule has 2 aromatic rings. The van der Waals surface area contributed by atoms with E-state index >= 15 is 0 Å². The van der Waals surface area contributed by atoms with Crippen LogP contribution in [-0.2, 0) is 0 Å². The Morgan fingerprint density at radius 2 is 1.20 bits per heavy atom. The molecule has 0 aliphatic carbocycles. The number of ether oxygens (including phenoxy) is 2. The molecule has 0 atom stereocenters. The third kappa shape index (κ3) is 5.02. The van der Waals surface area contributed by atoms with Crippen molar-refractivity contribution in [3.05, 3.63) is 53.6 Å². The molecule has 0 spiro atoms. The van der Waals surface area contributed by atoms with Gasteiger partial charge in [-0.15, -0.1) is 0 Å². The van der Waals surface area contributed by atoms with Crippen molar-refractivity contribution in [1.29, 1.82) is 0 Å². The van der Waals surface area contributed by atoms with Crippen LogP contribution in [0.15, 0.2) is 48.5 Å². The second kappa shape index (κ2) is 7.65. The highest BCUT2D eigenvalue weighted by Crippen LogP contribution is 2.16. The monoisotopic (exact) mass is 291 g/mol. The van der Waals surface area contributed by atoms with Crippen LogP contribution < -0.4 is 15.2 Å². The van der Waals surface area contributed by atoms with Crippen LogP contribution in [0, 0.1) is 0 Å². The van der Waals surface area contributed by atoms with E-state index in [1.807, 2.05) is 48.5 Å². The van der Waals surface area contributed by atoms with Gasteiger partial charge in [-0.25, -0.2) is 0 Å². The van der Waals surface area contributed by atoms with Gasteiger partial charge in [0.1, 0.15) is 11.5 Å². The van der Waals surface area contributed by atoms with Crippen LogP contribution in [0.25, 0.3) is 0 Å². The van der Waals surface area contributed by atoms with Crippen LogP contribution in [0.1, 0.15) is 12.8 Å². The van der Waals surface area contributed by atoms with Gasteiger partial charge in [0.15, 0.2) is 0 Å². The molecule has 4 heteroatoms. The van der Waals surface area contributed by atoms with Gasteiger partial charge in [-0.3, -0.25) is 0 Å². The third-order valence-electron chi connectivity index (χ3n) is 2.77. The average molecular weight is 292 g/mol. The van der Waals surface area contributed by atoms with Crippen molar-refractivity contribution in [2.45, 2.75) is 12.8 Å². The highest BCUT2D eigenvalue weighted by atomic mass is 35.5. The summed E-state index contributed by atoms with van der Waals surface area (Å²) < 4.78 is 11.2. The van der Waals surface area contributed by atoms with E-state index in [0.29, 0.717) is 18.2 Å². The van der Waals surface area contributed by atoms with Crippen LogP contribution in [0.2, 0.25) is 5.02 Å². The van der Waals surface area contributed by atoms with Crippen LogP contribution in [0.5, 0.6) is 11.5 Å². The molecule has 0 aliphatic rings. The van der Waals surface area contributed by atoms with Crippen molar-refractivity contribution in [1.82, 2.24) is 0 Å². The number of unbranched alkanes of at least 4 members (excludes halogenated alkanes) is 1. The van der Waals surface area contributed by atoms with Crippen molar-refractivity contribution in [3.8, 4) is 11.5 Å². The maximum absolute atomic E-state index is 5.80. The van der Waals surface area contributed by atoms with Crippen molar-refractivity contribution in [2.24, 2.45) is 0 Å². The van der Waals surface area contributed by atoms with Gasteiger partial charge >= 0.3 is 0 Å². The zero-order valence-electron chi connectivity index (χ0n) is 11.2. The minimum absolute atomic E-state index is 0.673. The van der Waals surface area contributed by atoms with E-state index in [1.54, 1.807) is 0 Å². The van der Waals surface area contributed by atoms with Gasteiger partial charge in [-0.2, -0.15) is 0 Å². The first kappa shape index (κ1) is 14.5. The maximum atomic E-state index is 5.80. The van der Waals surface area contributed by atoms with Crippen LogP contribution >= 0.6 is 11.6 Å². The van der Waals surface area contributed by atoms with E-state index in [1.165, 1.54) is 0 Å². The lowest BCUT2D eigenvalue weighted by Crippen LogP contribution is -2.02. The Hall–Kier alpha value is -1.87. The number of benzene rings is 2. The second-order valence-electron chi connectivity index (χ2n) is 4.43. The summed E-state index contributed by atoms with van der Waals surface area (Å²) in [5.41, 5.74) is 6.35. The Kier molecular flexibility index (Phi) is 5.56. The molecule has 2 aromatic carbocycles. The lowest BCUT2D eigenvalue weighted by Gasteiger charge is -2.08. The highest BCUT2D eigenvalue weighted by molar-refractivity contribution is 6.30. The molecule has 20 heavy (non-hydrogen) atoms. The fourth-order valence-electron chi connectivity index (χ4n) is 1.68. The summed E-state index contributed by atoms with van der Waals surface area (Å²) >= 11 is 5.80. The molecule has 0 aromatic heterocycles. The number of anilines is 1. The summed E-state index contributed by atoms with van der Waals surface area (Å²) in [7, 11) is 0. The molecule has 0 amide bonds.